The van der Waals surface area contributed by atoms with Gasteiger partial charge in [-0.05, 0) is 12.5 Å². The first kappa shape index (κ1) is 23.8. The second-order valence-corrected chi connectivity index (χ2v) is 8.40. The van der Waals surface area contributed by atoms with Crippen LogP contribution in [-0.2, 0) is 4.79 Å². The molecule has 1 amide bonds. The van der Waals surface area contributed by atoms with Crippen LogP contribution in [0.1, 0.15) is 5.56 Å². The van der Waals surface area contributed by atoms with E-state index < -0.39 is 4.92 Å². The number of ether oxygens (including phenoxy) is 1. The standard InChI is InChI=1S/C25H21N5O4S/c1-16-13-20(30(32)33)21(34-2)14-19(16)26-22(31)15-35-25-27-23(17-9-5-3-6-10-17)24(28-29-25)18-11-7-4-8-12-18/h3-14H,15H2,1-2H3,(H,26,31). The van der Waals surface area contributed by atoms with Crippen molar-refractivity contribution in [3.8, 4) is 28.3 Å². The molecule has 35 heavy (non-hydrogen) atoms. The lowest BCUT2D eigenvalue weighted by Crippen LogP contribution is -2.15. The zero-order chi connectivity index (χ0) is 24.8. The van der Waals surface area contributed by atoms with Crippen LogP contribution in [0.3, 0.4) is 0 Å². The summed E-state index contributed by atoms with van der Waals surface area (Å²) in [5, 5.41) is 22.9. The second kappa shape index (κ2) is 10.7. The molecular weight excluding hydrogens is 466 g/mol. The Kier molecular flexibility index (Phi) is 7.32. The molecular formula is C25H21N5O4S. The number of hydrogen-bond acceptors (Lipinski definition) is 8. The predicted molar refractivity (Wildman–Crippen MR) is 134 cm³/mol. The molecule has 1 aromatic heterocycles. The van der Waals surface area contributed by atoms with E-state index in [2.05, 4.69) is 20.5 Å². The molecule has 0 unspecified atom stereocenters. The lowest BCUT2D eigenvalue weighted by Gasteiger charge is -2.11. The fraction of sp³-hybridized carbons (Fsp3) is 0.120. The molecule has 0 aliphatic carbocycles. The summed E-state index contributed by atoms with van der Waals surface area (Å²) < 4.78 is 5.09. The number of rotatable bonds is 8. The van der Waals surface area contributed by atoms with Crippen LogP contribution >= 0.6 is 11.8 Å². The normalized spacial score (nSPS) is 10.6. The zero-order valence-corrected chi connectivity index (χ0v) is 19.8. The first-order valence-electron chi connectivity index (χ1n) is 10.6. The van der Waals surface area contributed by atoms with E-state index in [-0.39, 0.29) is 23.1 Å². The van der Waals surface area contributed by atoms with Gasteiger partial charge in [0.2, 0.25) is 11.1 Å². The van der Waals surface area contributed by atoms with Crippen molar-refractivity contribution in [2.24, 2.45) is 0 Å². The molecule has 0 aliphatic rings. The topological polar surface area (TPSA) is 120 Å². The minimum absolute atomic E-state index is 0.0271. The van der Waals surface area contributed by atoms with E-state index >= 15 is 0 Å². The van der Waals surface area contributed by atoms with E-state index in [1.807, 2.05) is 60.7 Å². The van der Waals surface area contributed by atoms with Crippen molar-refractivity contribution in [1.29, 1.82) is 0 Å². The molecule has 176 valence electrons. The van der Waals surface area contributed by atoms with Gasteiger partial charge in [0, 0.05) is 28.9 Å². The fourth-order valence-electron chi connectivity index (χ4n) is 3.39. The first-order chi connectivity index (χ1) is 17.0. The maximum atomic E-state index is 12.6. The lowest BCUT2D eigenvalue weighted by atomic mass is 10.0. The Bertz CT molecular complexity index is 1370. The average Bonchev–Trinajstić information content (AvgIpc) is 2.89. The third-order valence-electron chi connectivity index (χ3n) is 5.09. The van der Waals surface area contributed by atoms with Crippen LogP contribution in [0.5, 0.6) is 5.75 Å². The number of nitro benzene ring substituents is 1. The molecule has 1 N–H and O–H groups in total. The van der Waals surface area contributed by atoms with E-state index in [0.717, 1.165) is 22.9 Å². The number of methoxy groups -OCH3 is 1. The largest absolute Gasteiger partial charge is 0.490 e. The molecule has 0 bridgehead atoms. The molecule has 0 saturated heterocycles. The summed E-state index contributed by atoms with van der Waals surface area (Å²) >= 11 is 1.15. The Morgan fingerprint density at radius 3 is 2.23 bits per heavy atom. The van der Waals surface area contributed by atoms with E-state index in [4.69, 9.17) is 4.74 Å². The minimum Gasteiger partial charge on any atom is -0.490 e. The number of hydrogen-bond donors (Lipinski definition) is 1. The number of anilines is 1. The minimum atomic E-state index is -0.527. The average molecular weight is 488 g/mol. The molecule has 0 saturated carbocycles. The lowest BCUT2D eigenvalue weighted by molar-refractivity contribution is -0.385. The van der Waals surface area contributed by atoms with E-state index in [1.54, 1.807) is 6.92 Å². The van der Waals surface area contributed by atoms with E-state index in [1.165, 1.54) is 19.2 Å². The fourth-order valence-corrected chi connectivity index (χ4v) is 3.98. The van der Waals surface area contributed by atoms with Gasteiger partial charge in [0.05, 0.1) is 17.8 Å². The van der Waals surface area contributed by atoms with Gasteiger partial charge in [0.25, 0.3) is 0 Å². The van der Waals surface area contributed by atoms with Gasteiger partial charge in [-0.25, -0.2) is 4.98 Å². The number of nitrogens with one attached hydrogen (secondary N) is 1. The number of thioether (sulfide) groups is 1. The van der Waals surface area contributed by atoms with Crippen molar-refractivity contribution in [2.75, 3.05) is 18.2 Å². The van der Waals surface area contributed by atoms with Crippen molar-refractivity contribution in [3.05, 3.63) is 88.5 Å². The zero-order valence-electron chi connectivity index (χ0n) is 19.0. The van der Waals surface area contributed by atoms with E-state index in [9.17, 15) is 14.9 Å². The third kappa shape index (κ3) is 5.61. The Hall–Kier alpha value is -4.31. The Morgan fingerprint density at radius 1 is 1.00 bits per heavy atom. The number of carbonyl (C=O) groups excluding carboxylic acids is 1. The van der Waals surface area contributed by atoms with Gasteiger partial charge in [-0.2, -0.15) is 0 Å². The SMILES string of the molecule is COc1cc(NC(=O)CSc2nnc(-c3ccccc3)c(-c3ccccc3)n2)c(C)cc1[N+](=O)[O-]. The molecule has 1 heterocycles. The van der Waals surface area contributed by atoms with Crippen molar-refractivity contribution >= 4 is 29.0 Å². The summed E-state index contributed by atoms with van der Waals surface area (Å²) in [6.07, 6.45) is 0. The highest BCUT2D eigenvalue weighted by atomic mass is 32.2. The first-order valence-corrected chi connectivity index (χ1v) is 11.6. The van der Waals surface area contributed by atoms with Crippen LogP contribution in [-0.4, -0.2) is 38.9 Å². The van der Waals surface area contributed by atoms with Crippen LogP contribution < -0.4 is 10.1 Å². The van der Waals surface area contributed by atoms with Crippen LogP contribution in [0.2, 0.25) is 0 Å². The van der Waals surface area contributed by atoms with Gasteiger partial charge in [0.15, 0.2) is 5.75 Å². The van der Waals surface area contributed by atoms with Gasteiger partial charge in [-0.15, -0.1) is 10.2 Å². The molecule has 10 heteroatoms. The summed E-state index contributed by atoms with van der Waals surface area (Å²) in [7, 11) is 1.34. The summed E-state index contributed by atoms with van der Waals surface area (Å²) in [5.74, 6) is -0.217. The molecule has 4 rings (SSSR count). The molecule has 0 aliphatic heterocycles. The third-order valence-corrected chi connectivity index (χ3v) is 5.93. The van der Waals surface area contributed by atoms with Crippen LogP contribution in [0.25, 0.3) is 22.5 Å². The molecule has 0 atom stereocenters. The summed E-state index contributed by atoms with van der Waals surface area (Å²) in [5.41, 5.74) is 3.92. The quantitative estimate of drug-likeness (QED) is 0.205. The van der Waals surface area contributed by atoms with Gasteiger partial charge in [0.1, 0.15) is 11.4 Å². The van der Waals surface area contributed by atoms with E-state index in [0.29, 0.717) is 27.8 Å². The highest BCUT2D eigenvalue weighted by Gasteiger charge is 2.19. The maximum absolute atomic E-state index is 12.6. The van der Waals surface area contributed by atoms with Crippen LogP contribution in [0.4, 0.5) is 11.4 Å². The van der Waals surface area contributed by atoms with Gasteiger partial charge >= 0.3 is 5.69 Å². The molecule has 4 aromatic rings. The molecule has 0 fully saturated rings. The van der Waals surface area contributed by atoms with Crippen molar-refractivity contribution in [3.63, 3.8) is 0 Å². The predicted octanol–water partition coefficient (Wildman–Crippen LogP) is 5.16. The number of carbonyl (C=O) groups is 1. The molecule has 9 nitrogen and oxygen atoms in total. The van der Waals surface area contributed by atoms with Crippen molar-refractivity contribution in [1.82, 2.24) is 15.2 Å². The maximum Gasteiger partial charge on any atom is 0.311 e. The van der Waals surface area contributed by atoms with Crippen LogP contribution in [0, 0.1) is 17.0 Å². The second-order valence-electron chi connectivity index (χ2n) is 7.46. The van der Waals surface area contributed by atoms with Crippen molar-refractivity contribution < 1.29 is 14.5 Å². The monoisotopic (exact) mass is 487 g/mol. The van der Waals surface area contributed by atoms with Gasteiger partial charge in [-0.1, -0.05) is 72.4 Å². The summed E-state index contributed by atoms with van der Waals surface area (Å²) in [6, 6.07) is 22.1. The molecule has 0 radical (unpaired) electrons. The Balaban J connectivity index is 1.53. The highest BCUT2D eigenvalue weighted by molar-refractivity contribution is 7.99. The highest BCUT2D eigenvalue weighted by Crippen LogP contribution is 2.33. The number of aromatic nitrogens is 3. The number of nitrogens with zero attached hydrogens (tertiary/aromatic N) is 4. The van der Waals surface area contributed by atoms with Crippen LogP contribution in [0.15, 0.2) is 78.0 Å². The Labute approximate surface area is 205 Å². The summed E-state index contributed by atoms with van der Waals surface area (Å²) in [6.45, 7) is 1.68. The number of nitro groups is 1. The number of benzene rings is 3. The number of amides is 1. The Morgan fingerprint density at radius 2 is 1.63 bits per heavy atom. The molecule has 3 aromatic carbocycles. The smallest absolute Gasteiger partial charge is 0.311 e. The molecule has 0 spiro atoms. The van der Waals surface area contributed by atoms with Crippen molar-refractivity contribution in [2.45, 2.75) is 12.1 Å². The number of aryl methyl sites for hydroxylation is 1. The summed E-state index contributed by atoms with van der Waals surface area (Å²) in [4.78, 5) is 28.0. The van der Waals surface area contributed by atoms with Gasteiger partial charge in [-0.3, -0.25) is 14.9 Å². The van der Waals surface area contributed by atoms with Gasteiger partial charge < -0.3 is 10.1 Å².